The van der Waals surface area contributed by atoms with Gasteiger partial charge in [0.15, 0.2) is 0 Å². The first-order valence-corrected chi connectivity index (χ1v) is 8.61. The average molecular weight is 369 g/mol. The molecular weight excluding hydrogens is 360 g/mol. The van der Waals surface area contributed by atoms with Gasteiger partial charge in [-0.05, 0) is 6.92 Å². The predicted molar refractivity (Wildman–Crippen MR) is 58.0 cm³/mol. The van der Waals surface area contributed by atoms with Gasteiger partial charge in [-0.3, -0.25) is 0 Å². The Kier molecular flexibility index (Phi) is 12.4. The molecule has 0 fully saturated rings. The number of halogens is 2. The maximum atomic E-state index is 10.2. The molecule has 0 unspecified atom stereocenters. The van der Waals surface area contributed by atoms with Gasteiger partial charge in [-0.1, -0.05) is 0 Å². The number of methoxy groups -OCH3 is 1. The van der Waals surface area contributed by atoms with Crippen LogP contribution in [0.5, 0.6) is 0 Å². The van der Waals surface area contributed by atoms with E-state index in [0.717, 1.165) is 0 Å². The van der Waals surface area contributed by atoms with Crippen LogP contribution in [0.4, 0.5) is 0 Å². The Bertz CT molecular complexity index is 121. The molecule has 5 heteroatoms. The van der Waals surface area contributed by atoms with Crippen LogP contribution in [0.15, 0.2) is 11.8 Å². The van der Waals surface area contributed by atoms with Crippen LogP contribution in [-0.2, 0) is 9.53 Å². The van der Waals surface area contributed by atoms with Gasteiger partial charge in [0.05, 0.1) is 7.11 Å². The van der Waals surface area contributed by atoms with Gasteiger partial charge >= 0.3 is 5.97 Å². The summed E-state index contributed by atoms with van der Waals surface area (Å²) in [6.07, 6.45) is 1.22. The van der Waals surface area contributed by atoms with Crippen molar-refractivity contribution < 1.29 is 9.53 Å². The molecule has 0 aliphatic heterocycles. The molecule has 0 saturated carbocycles. The highest BCUT2D eigenvalue weighted by Gasteiger charge is 1.89. The molecule has 0 spiro atoms. The number of nitrogens with two attached hydrogens (primary N) is 1. The van der Waals surface area contributed by atoms with E-state index < -0.39 is 5.97 Å². The molecule has 0 bridgehead atoms. The molecular formula is C5H9I2NO2. The summed E-state index contributed by atoms with van der Waals surface area (Å²) in [5.41, 5.74) is 5.58. The first kappa shape index (κ1) is 13.1. The van der Waals surface area contributed by atoms with Crippen molar-refractivity contribution in [1.29, 1.82) is 0 Å². The van der Waals surface area contributed by atoms with E-state index in [1.54, 1.807) is 6.92 Å². The number of hydrogen-bond acceptors (Lipinski definition) is 3. The number of carbonyl (C=O) groups excluding carboxylic acids is 1. The quantitative estimate of drug-likeness (QED) is 0.436. The highest BCUT2D eigenvalue weighted by molar-refractivity contribution is 15.0. The normalized spacial score (nSPS) is 9.40. The summed E-state index contributed by atoms with van der Waals surface area (Å²) < 4.78 is 4.27. The molecule has 0 aliphatic carbocycles. The lowest BCUT2D eigenvalue weighted by Gasteiger charge is -1.89. The van der Waals surface area contributed by atoms with Gasteiger partial charge in [0.1, 0.15) is 0 Å². The van der Waals surface area contributed by atoms with Crippen LogP contribution >= 0.6 is 37.2 Å². The zero-order valence-corrected chi connectivity index (χ0v) is 10.0. The predicted octanol–water partition coefficient (Wildman–Crippen LogP) is 1.79. The molecule has 0 saturated heterocycles. The van der Waals surface area contributed by atoms with E-state index in [1.165, 1.54) is 13.2 Å². The van der Waals surface area contributed by atoms with Gasteiger partial charge < -0.3 is 10.5 Å². The largest absolute Gasteiger partial charge is 0.466 e. The Morgan fingerprint density at radius 1 is 1.60 bits per heavy atom. The minimum absolute atomic E-state index is 0.412. The van der Waals surface area contributed by atoms with Crippen LogP contribution in [0.3, 0.4) is 0 Å². The zero-order chi connectivity index (χ0) is 8.57. The highest BCUT2D eigenvalue weighted by atomic mass is 128. The van der Waals surface area contributed by atoms with Gasteiger partial charge in [-0.25, -0.2) is 4.79 Å². The lowest BCUT2D eigenvalue weighted by molar-refractivity contribution is -0.134. The second-order valence-corrected chi connectivity index (χ2v) is 1.41. The Hall–Kier alpha value is 0.470. The molecule has 0 aromatic heterocycles. The summed E-state index contributed by atoms with van der Waals surface area (Å²) in [7, 11) is 1.31. The zero-order valence-electron chi connectivity index (χ0n) is 5.73. The third-order valence-corrected chi connectivity index (χ3v) is 0.547. The molecule has 2 N–H and O–H groups in total. The maximum absolute atomic E-state index is 10.2. The number of ether oxygens (including phenoxy) is 1. The van der Waals surface area contributed by atoms with E-state index in [1.807, 2.05) is 0 Å². The number of hydrogen-bond donors (Lipinski definition) is 1. The SMILES string of the molecule is COC(=O)C=C(C)N.II. The second kappa shape index (κ2) is 9.47. The monoisotopic (exact) mass is 369 g/mol. The topological polar surface area (TPSA) is 52.3 Å². The van der Waals surface area contributed by atoms with Crippen LogP contribution < -0.4 is 5.73 Å². The van der Waals surface area contributed by atoms with Crippen LogP contribution in [0, 0.1) is 0 Å². The Labute approximate surface area is 83.7 Å². The van der Waals surface area contributed by atoms with Crippen molar-refractivity contribution in [2.24, 2.45) is 5.73 Å². The van der Waals surface area contributed by atoms with Gasteiger partial charge in [0.2, 0.25) is 0 Å². The number of allylic oxidation sites excluding steroid dienone is 1. The Morgan fingerprint density at radius 3 is 2.10 bits per heavy atom. The number of esters is 1. The fraction of sp³-hybridized carbons (Fsp3) is 0.400. The Morgan fingerprint density at radius 2 is 2.00 bits per heavy atom. The Balaban J connectivity index is 0. The molecule has 0 radical (unpaired) electrons. The number of rotatable bonds is 1. The standard InChI is InChI=1S/C5H9NO2.I2/c1-4(6)3-5(7)8-2;1-2/h3H,6H2,1-2H3;. The fourth-order valence-electron chi connectivity index (χ4n) is 0.245. The lowest BCUT2D eigenvalue weighted by Crippen LogP contribution is -2.00. The molecule has 0 aliphatic rings. The van der Waals surface area contributed by atoms with Crippen molar-refractivity contribution in [1.82, 2.24) is 0 Å². The molecule has 0 atom stereocenters. The first-order valence-electron chi connectivity index (χ1n) is 2.33. The van der Waals surface area contributed by atoms with E-state index in [4.69, 9.17) is 5.73 Å². The van der Waals surface area contributed by atoms with Crippen molar-refractivity contribution in [2.45, 2.75) is 6.92 Å². The van der Waals surface area contributed by atoms with Gasteiger partial charge in [0.25, 0.3) is 0 Å². The fourth-order valence-corrected chi connectivity index (χ4v) is 0.245. The molecule has 0 heterocycles. The maximum Gasteiger partial charge on any atom is 0.332 e. The molecule has 0 aromatic rings. The van der Waals surface area contributed by atoms with Crippen LogP contribution in [-0.4, -0.2) is 13.1 Å². The van der Waals surface area contributed by atoms with E-state index in [0.29, 0.717) is 5.70 Å². The highest BCUT2D eigenvalue weighted by Crippen LogP contribution is 1.89. The third kappa shape index (κ3) is 11.3. The van der Waals surface area contributed by atoms with E-state index in [2.05, 4.69) is 42.0 Å². The van der Waals surface area contributed by atoms with Crippen molar-refractivity contribution in [2.75, 3.05) is 7.11 Å². The van der Waals surface area contributed by atoms with Crippen molar-refractivity contribution in [3.63, 3.8) is 0 Å². The smallest absolute Gasteiger partial charge is 0.332 e. The summed E-state index contributed by atoms with van der Waals surface area (Å²) in [6, 6.07) is 0. The van der Waals surface area contributed by atoms with Crippen LogP contribution in [0.25, 0.3) is 0 Å². The van der Waals surface area contributed by atoms with E-state index >= 15 is 0 Å². The summed E-state index contributed by atoms with van der Waals surface area (Å²) in [5, 5.41) is 0. The van der Waals surface area contributed by atoms with Gasteiger partial charge in [-0.15, -0.1) is 0 Å². The molecule has 3 nitrogen and oxygen atoms in total. The molecule has 10 heavy (non-hydrogen) atoms. The van der Waals surface area contributed by atoms with Crippen molar-refractivity contribution in [3.8, 4) is 0 Å². The van der Waals surface area contributed by atoms with Crippen LogP contribution in [0.2, 0.25) is 0 Å². The molecule has 60 valence electrons. The van der Waals surface area contributed by atoms with Gasteiger partial charge in [-0.2, -0.15) is 0 Å². The number of carbonyl (C=O) groups is 1. The summed E-state index contributed by atoms with van der Waals surface area (Å²) in [6.45, 7) is 1.62. The van der Waals surface area contributed by atoms with E-state index in [-0.39, 0.29) is 0 Å². The summed E-state index contributed by atoms with van der Waals surface area (Å²) >= 11 is 4.24. The summed E-state index contributed by atoms with van der Waals surface area (Å²) in [5.74, 6) is -0.412. The minimum atomic E-state index is -0.412. The van der Waals surface area contributed by atoms with Crippen LogP contribution in [0.1, 0.15) is 6.92 Å². The van der Waals surface area contributed by atoms with E-state index in [9.17, 15) is 4.79 Å². The third-order valence-electron chi connectivity index (χ3n) is 0.547. The van der Waals surface area contributed by atoms with Crippen molar-refractivity contribution in [3.05, 3.63) is 11.8 Å². The molecule has 0 aromatic carbocycles. The summed E-state index contributed by atoms with van der Waals surface area (Å²) in [4.78, 5) is 10.2. The van der Waals surface area contributed by atoms with Crippen molar-refractivity contribution >= 4 is 43.2 Å². The minimum Gasteiger partial charge on any atom is -0.466 e. The molecule has 0 rings (SSSR count). The second-order valence-electron chi connectivity index (χ2n) is 1.41. The lowest BCUT2D eigenvalue weighted by atomic mass is 10.4. The molecule has 0 amide bonds. The van der Waals surface area contributed by atoms with Gasteiger partial charge in [0, 0.05) is 49.0 Å². The average Bonchev–Trinajstić information content (AvgIpc) is 1.91. The first-order chi connectivity index (χ1) is 4.66.